The molecule has 0 aliphatic carbocycles. The smallest absolute Gasteiger partial charge is 0.258 e. The summed E-state index contributed by atoms with van der Waals surface area (Å²) in [4.78, 5) is 30.2. The molecule has 0 saturated heterocycles. The molecule has 5 aromatic carbocycles. The summed E-state index contributed by atoms with van der Waals surface area (Å²) >= 11 is 0. The summed E-state index contributed by atoms with van der Waals surface area (Å²) in [7, 11) is 0. The summed E-state index contributed by atoms with van der Waals surface area (Å²) in [6, 6.07) is 36.2. The highest BCUT2D eigenvalue weighted by molar-refractivity contribution is 6.08. The number of hydrogen-bond acceptors (Lipinski definition) is 4. The van der Waals surface area contributed by atoms with E-state index < -0.39 is 0 Å². The van der Waals surface area contributed by atoms with Crippen LogP contribution < -0.4 is 9.80 Å². The van der Waals surface area contributed by atoms with Gasteiger partial charge in [0.1, 0.15) is 11.5 Å². The second-order valence-electron chi connectivity index (χ2n) is 9.86. The Labute approximate surface area is 245 Å². The molecule has 210 valence electrons. The highest BCUT2D eigenvalue weighted by Crippen LogP contribution is 2.27. The van der Waals surface area contributed by atoms with E-state index in [0.717, 1.165) is 33.6 Å². The molecule has 0 heterocycles. The maximum atomic E-state index is 13.4. The zero-order chi connectivity index (χ0) is 29.6. The normalized spacial score (nSPS) is 10.7. The van der Waals surface area contributed by atoms with Gasteiger partial charge in [-0.1, -0.05) is 48.5 Å². The van der Waals surface area contributed by atoms with Crippen LogP contribution in [0.25, 0.3) is 22.3 Å². The molecule has 0 spiro atoms. The second kappa shape index (κ2) is 12.4. The molecule has 0 atom stereocenters. The minimum Gasteiger partial charge on any atom is -0.508 e. The Morgan fingerprint density at radius 2 is 0.714 bits per heavy atom. The average molecular weight is 557 g/mol. The second-order valence-corrected chi connectivity index (χ2v) is 9.86. The third-order valence-corrected chi connectivity index (χ3v) is 7.26. The average Bonchev–Trinajstić information content (AvgIpc) is 3.03. The maximum absolute atomic E-state index is 13.4. The number of carbonyl (C=O) groups excluding carboxylic acids is 2. The number of anilines is 2. The van der Waals surface area contributed by atoms with Crippen LogP contribution in [0, 0.1) is 0 Å². The molecule has 5 aromatic rings. The van der Waals surface area contributed by atoms with Crippen LogP contribution in [-0.2, 0) is 0 Å². The quantitative estimate of drug-likeness (QED) is 0.205. The molecule has 0 fully saturated rings. The summed E-state index contributed by atoms with van der Waals surface area (Å²) in [5.74, 6) is 0.198. The van der Waals surface area contributed by atoms with Gasteiger partial charge >= 0.3 is 0 Å². The molecule has 6 heteroatoms. The number of nitrogens with zero attached hydrogens (tertiary/aromatic N) is 2. The van der Waals surface area contributed by atoms with Crippen molar-refractivity contribution in [2.75, 3.05) is 22.9 Å². The number of aromatic hydroxyl groups is 2. The Hall–Kier alpha value is -5.36. The minimum atomic E-state index is -0.111. The standard InChI is InChI=1S/C36H32N2O4/c1-3-37(35(41)29-9-5-25(6-10-29)27-13-21-33(39)22-14-27)31-17-19-32(20-18-31)38(4-2)36(42)30-11-7-26(8-12-30)28-15-23-34(40)24-16-28/h5-24,39-40H,3-4H2,1-2H3. The Balaban J connectivity index is 1.30. The van der Waals surface area contributed by atoms with Crippen LogP contribution in [0.2, 0.25) is 0 Å². The predicted molar refractivity (Wildman–Crippen MR) is 168 cm³/mol. The first-order chi connectivity index (χ1) is 20.4. The SMILES string of the molecule is CCN(C(=O)c1ccc(-c2ccc(O)cc2)cc1)c1ccc(N(CC)C(=O)c2ccc(-c3ccc(O)cc3)cc2)cc1. The van der Waals surface area contributed by atoms with Gasteiger partial charge < -0.3 is 20.0 Å². The van der Waals surface area contributed by atoms with Gasteiger partial charge in [-0.25, -0.2) is 0 Å². The number of carbonyl (C=O) groups is 2. The molecule has 5 rings (SSSR count). The molecule has 0 aliphatic rings. The Bertz CT molecular complexity index is 1530. The highest BCUT2D eigenvalue weighted by Gasteiger charge is 2.19. The molecule has 6 nitrogen and oxygen atoms in total. The van der Waals surface area contributed by atoms with E-state index >= 15 is 0 Å². The largest absolute Gasteiger partial charge is 0.508 e. The molecule has 0 aliphatic heterocycles. The zero-order valence-corrected chi connectivity index (χ0v) is 23.6. The van der Waals surface area contributed by atoms with E-state index in [1.165, 1.54) is 0 Å². The third kappa shape index (κ3) is 6.03. The molecule has 2 N–H and O–H groups in total. The topological polar surface area (TPSA) is 81.1 Å². The lowest BCUT2D eigenvalue weighted by atomic mass is 10.0. The summed E-state index contributed by atoms with van der Waals surface area (Å²) in [5, 5.41) is 19.1. The van der Waals surface area contributed by atoms with Crippen molar-refractivity contribution in [3.8, 4) is 33.8 Å². The lowest BCUT2D eigenvalue weighted by Crippen LogP contribution is -2.32. The Morgan fingerprint density at radius 1 is 0.452 bits per heavy atom. The first-order valence-corrected chi connectivity index (χ1v) is 13.9. The molecular formula is C36H32N2O4. The van der Waals surface area contributed by atoms with Crippen molar-refractivity contribution in [2.24, 2.45) is 0 Å². The van der Waals surface area contributed by atoms with Gasteiger partial charge in [0.25, 0.3) is 11.8 Å². The fourth-order valence-electron chi connectivity index (χ4n) is 4.93. The van der Waals surface area contributed by atoms with Gasteiger partial charge in [0, 0.05) is 35.6 Å². The van der Waals surface area contributed by atoms with Crippen LogP contribution in [0.3, 0.4) is 0 Å². The Morgan fingerprint density at radius 3 is 0.976 bits per heavy atom. The van der Waals surface area contributed by atoms with Gasteiger partial charge in [0.05, 0.1) is 0 Å². The van der Waals surface area contributed by atoms with E-state index in [1.807, 2.05) is 111 Å². The van der Waals surface area contributed by atoms with Crippen LogP contribution in [0.1, 0.15) is 34.6 Å². The molecule has 0 saturated carbocycles. The molecular weight excluding hydrogens is 524 g/mol. The Kier molecular flexibility index (Phi) is 8.34. The van der Waals surface area contributed by atoms with Gasteiger partial charge in [-0.3, -0.25) is 9.59 Å². The number of amides is 2. The van der Waals surface area contributed by atoms with E-state index in [-0.39, 0.29) is 23.3 Å². The number of benzene rings is 5. The van der Waals surface area contributed by atoms with Crippen molar-refractivity contribution >= 4 is 23.2 Å². The van der Waals surface area contributed by atoms with Crippen LogP contribution in [0.4, 0.5) is 11.4 Å². The molecule has 0 aromatic heterocycles. The summed E-state index contributed by atoms with van der Waals surface area (Å²) in [6.45, 7) is 4.84. The van der Waals surface area contributed by atoms with Crippen molar-refractivity contribution in [3.05, 3.63) is 132 Å². The van der Waals surface area contributed by atoms with Crippen molar-refractivity contribution in [2.45, 2.75) is 13.8 Å². The first-order valence-electron chi connectivity index (χ1n) is 13.9. The monoisotopic (exact) mass is 556 g/mol. The van der Waals surface area contributed by atoms with Crippen LogP contribution in [-0.4, -0.2) is 35.1 Å². The predicted octanol–water partition coefficient (Wildman–Crippen LogP) is 7.77. The number of phenolic OH excluding ortho intramolecular Hbond substituents is 2. The lowest BCUT2D eigenvalue weighted by molar-refractivity contribution is 0.0980. The summed E-state index contributed by atoms with van der Waals surface area (Å²) < 4.78 is 0. The lowest BCUT2D eigenvalue weighted by Gasteiger charge is -2.24. The van der Waals surface area contributed by atoms with Gasteiger partial charge in [-0.2, -0.15) is 0 Å². The molecule has 2 amide bonds. The van der Waals surface area contributed by atoms with Gasteiger partial charge in [-0.15, -0.1) is 0 Å². The van der Waals surface area contributed by atoms with Crippen LogP contribution in [0.15, 0.2) is 121 Å². The van der Waals surface area contributed by atoms with Crippen molar-refractivity contribution < 1.29 is 19.8 Å². The van der Waals surface area contributed by atoms with Crippen molar-refractivity contribution in [1.29, 1.82) is 0 Å². The maximum Gasteiger partial charge on any atom is 0.258 e. The van der Waals surface area contributed by atoms with Crippen LogP contribution in [0.5, 0.6) is 11.5 Å². The third-order valence-electron chi connectivity index (χ3n) is 7.26. The minimum absolute atomic E-state index is 0.111. The van der Waals surface area contributed by atoms with Gasteiger partial charge in [0.2, 0.25) is 0 Å². The zero-order valence-electron chi connectivity index (χ0n) is 23.6. The van der Waals surface area contributed by atoms with Crippen molar-refractivity contribution in [3.63, 3.8) is 0 Å². The first kappa shape index (κ1) is 28.2. The van der Waals surface area contributed by atoms with Crippen LogP contribution >= 0.6 is 0 Å². The fraction of sp³-hybridized carbons (Fsp3) is 0.111. The number of hydrogen-bond donors (Lipinski definition) is 2. The van der Waals surface area contributed by atoms with E-state index in [1.54, 1.807) is 34.1 Å². The van der Waals surface area contributed by atoms with Gasteiger partial charge in [0.15, 0.2) is 0 Å². The number of rotatable bonds is 8. The van der Waals surface area contributed by atoms with E-state index in [9.17, 15) is 19.8 Å². The fourth-order valence-corrected chi connectivity index (χ4v) is 4.93. The summed E-state index contributed by atoms with van der Waals surface area (Å²) in [5.41, 5.74) is 6.47. The molecule has 0 bridgehead atoms. The van der Waals surface area contributed by atoms with E-state index in [2.05, 4.69) is 0 Å². The molecule has 0 unspecified atom stereocenters. The van der Waals surface area contributed by atoms with E-state index in [0.29, 0.717) is 24.2 Å². The highest BCUT2D eigenvalue weighted by atomic mass is 16.3. The molecule has 42 heavy (non-hydrogen) atoms. The molecule has 0 radical (unpaired) electrons. The number of phenols is 2. The summed E-state index contributed by atoms with van der Waals surface area (Å²) in [6.07, 6.45) is 0. The van der Waals surface area contributed by atoms with E-state index in [4.69, 9.17) is 0 Å². The van der Waals surface area contributed by atoms with Crippen molar-refractivity contribution in [1.82, 2.24) is 0 Å². The van der Waals surface area contributed by atoms with Gasteiger partial charge in [-0.05, 0) is 109 Å².